The molecule has 2 aliphatic heterocycles. The summed E-state index contributed by atoms with van der Waals surface area (Å²) in [6, 6.07) is 1.04. The van der Waals surface area contributed by atoms with Crippen LogP contribution in [0.5, 0.6) is 0 Å². The maximum Gasteiger partial charge on any atom is 0.303 e. The minimum Gasteiger partial charge on any atom is -0.481 e. The van der Waals surface area contributed by atoms with Crippen molar-refractivity contribution in [3.8, 4) is 0 Å². The molecule has 2 fully saturated rings. The number of hydrogen-bond acceptors (Lipinski definition) is 4. The number of nitrogens with zero attached hydrogens (tertiary/aromatic N) is 2. The van der Waals surface area contributed by atoms with Crippen molar-refractivity contribution in [2.24, 2.45) is 5.92 Å². The first-order valence-corrected chi connectivity index (χ1v) is 7.01. The van der Waals surface area contributed by atoms with Crippen LogP contribution < -0.4 is 4.90 Å². The Bertz CT molecular complexity index is 393. The first-order chi connectivity index (χ1) is 8.24. The molecule has 4 nitrogen and oxygen atoms in total. The predicted octanol–water partition coefficient (Wildman–Crippen LogP) is 2.37. The largest absolute Gasteiger partial charge is 0.481 e. The second-order valence-electron chi connectivity index (χ2n) is 5.04. The SMILES string of the molecule is O=C(O)CC1CC2CCC(C1)N2c1nccs1. The molecule has 92 valence electrons. The normalized spacial score (nSPS) is 31.8. The molecule has 1 N–H and O–H groups in total. The van der Waals surface area contributed by atoms with Gasteiger partial charge in [-0.1, -0.05) is 0 Å². The smallest absolute Gasteiger partial charge is 0.303 e. The van der Waals surface area contributed by atoms with E-state index in [1.165, 1.54) is 12.8 Å². The van der Waals surface area contributed by atoms with E-state index >= 15 is 0 Å². The number of anilines is 1. The Labute approximate surface area is 104 Å². The van der Waals surface area contributed by atoms with E-state index in [9.17, 15) is 4.79 Å². The molecule has 0 amide bonds. The van der Waals surface area contributed by atoms with Crippen LogP contribution in [0, 0.1) is 5.92 Å². The van der Waals surface area contributed by atoms with Gasteiger partial charge in [0.15, 0.2) is 5.13 Å². The van der Waals surface area contributed by atoms with Gasteiger partial charge in [-0.25, -0.2) is 4.98 Å². The van der Waals surface area contributed by atoms with E-state index in [0.29, 0.717) is 24.4 Å². The van der Waals surface area contributed by atoms with Gasteiger partial charge < -0.3 is 10.0 Å². The molecule has 2 aliphatic rings. The molecule has 3 heterocycles. The maximum absolute atomic E-state index is 10.8. The van der Waals surface area contributed by atoms with Crippen molar-refractivity contribution in [1.29, 1.82) is 0 Å². The minimum absolute atomic E-state index is 0.332. The van der Waals surface area contributed by atoms with Gasteiger partial charge in [-0.05, 0) is 31.6 Å². The Balaban J connectivity index is 1.74. The molecule has 2 saturated heterocycles. The summed E-state index contributed by atoms with van der Waals surface area (Å²) in [5.74, 6) is -0.293. The van der Waals surface area contributed by atoms with Gasteiger partial charge in [0, 0.05) is 30.1 Å². The van der Waals surface area contributed by atoms with Crippen LogP contribution >= 0.6 is 11.3 Å². The van der Waals surface area contributed by atoms with Crippen molar-refractivity contribution < 1.29 is 9.90 Å². The Morgan fingerprint density at radius 1 is 1.47 bits per heavy atom. The molecule has 0 spiro atoms. The van der Waals surface area contributed by atoms with Crippen LogP contribution in [0.25, 0.3) is 0 Å². The predicted molar refractivity (Wildman–Crippen MR) is 66.4 cm³/mol. The first-order valence-electron chi connectivity index (χ1n) is 6.13. The molecule has 3 rings (SSSR count). The van der Waals surface area contributed by atoms with Crippen LogP contribution in [0.4, 0.5) is 5.13 Å². The van der Waals surface area contributed by atoms with Crippen molar-refractivity contribution in [2.45, 2.75) is 44.2 Å². The molecule has 1 aromatic rings. The Morgan fingerprint density at radius 2 is 2.18 bits per heavy atom. The number of piperidine rings is 1. The van der Waals surface area contributed by atoms with Gasteiger partial charge in [0.2, 0.25) is 0 Å². The van der Waals surface area contributed by atoms with Crippen LogP contribution in [0.1, 0.15) is 32.1 Å². The van der Waals surface area contributed by atoms with Crippen LogP contribution in [0.2, 0.25) is 0 Å². The highest BCUT2D eigenvalue weighted by molar-refractivity contribution is 7.13. The molecule has 5 heteroatoms. The lowest BCUT2D eigenvalue weighted by Crippen LogP contribution is -2.43. The average Bonchev–Trinajstić information content (AvgIpc) is 2.84. The second kappa shape index (κ2) is 4.29. The molecule has 1 aromatic heterocycles. The molecule has 0 aromatic carbocycles. The summed E-state index contributed by atoms with van der Waals surface area (Å²) in [5.41, 5.74) is 0. The molecular formula is C12H16N2O2S. The summed E-state index contributed by atoms with van der Waals surface area (Å²) < 4.78 is 0. The van der Waals surface area contributed by atoms with Gasteiger partial charge >= 0.3 is 5.97 Å². The zero-order valence-electron chi connectivity index (χ0n) is 9.58. The van der Waals surface area contributed by atoms with E-state index in [-0.39, 0.29) is 0 Å². The number of rotatable bonds is 3. The molecule has 0 radical (unpaired) electrons. The van der Waals surface area contributed by atoms with Crippen molar-refractivity contribution in [3.63, 3.8) is 0 Å². The highest BCUT2D eigenvalue weighted by Crippen LogP contribution is 2.43. The molecule has 0 saturated carbocycles. The third-order valence-electron chi connectivity index (χ3n) is 3.93. The lowest BCUT2D eigenvalue weighted by molar-refractivity contribution is -0.138. The zero-order valence-corrected chi connectivity index (χ0v) is 10.4. The van der Waals surface area contributed by atoms with Gasteiger partial charge in [0.1, 0.15) is 0 Å². The number of thiazole rings is 1. The van der Waals surface area contributed by atoms with Crippen LogP contribution in [-0.2, 0) is 4.79 Å². The Kier molecular flexibility index (Phi) is 2.78. The fourth-order valence-corrected chi connectivity index (χ4v) is 4.14. The van der Waals surface area contributed by atoms with Crippen molar-refractivity contribution >= 4 is 22.4 Å². The lowest BCUT2D eigenvalue weighted by atomic mass is 9.88. The number of carboxylic acid groups (broad SMARTS) is 1. The highest BCUT2D eigenvalue weighted by atomic mass is 32.1. The molecule has 2 unspecified atom stereocenters. The molecule has 2 atom stereocenters. The monoisotopic (exact) mass is 252 g/mol. The van der Waals surface area contributed by atoms with E-state index in [1.54, 1.807) is 11.3 Å². The maximum atomic E-state index is 10.8. The van der Waals surface area contributed by atoms with E-state index < -0.39 is 5.97 Å². The number of carbonyl (C=O) groups is 1. The van der Waals surface area contributed by atoms with Crippen molar-refractivity contribution in [3.05, 3.63) is 11.6 Å². The molecular weight excluding hydrogens is 236 g/mol. The third-order valence-corrected chi connectivity index (χ3v) is 4.72. The van der Waals surface area contributed by atoms with Gasteiger partial charge in [-0.3, -0.25) is 4.79 Å². The fraction of sp³-hybridized carbons (Fsp3) is 0.667. The zero-order chi connectivity index (χ0) is 11.8. The first kappa shape index (κ1) is 11.0. The molecule has 2 bridgehead atoms. The highest BCUT2D eigenvalue weighted by Gasteiger charge is 2.42. The number of aromatic nitrogens is 1. The number of fused-ring (bicyclic) bond motifs is 2. The van der Waals surface area contributed by atoms with E-state index in [2.05, 4.69) is 9.88 Å². The summed E-state index contributed by atoms with van der Waals surface area (Å²) >= 11 is 1.69. The number of hydrogen-bond donors (Lipinski definition) is 1. The summed E-state index contributed by atoms with van der Waals surface area (Å²) in [4.78, 5) is 17.6. The second-order valence-corrected chi connectivity index (χ2v) is 5.92. The van der Waals surface area contributed by atoms with E-state index in [0.717, 1.165) is 18.0 Å². The van der Waals surface area contributed by atoms with E-state index in [4.69, 9.17) is 5.11 Å². The third kappa shape index (κ3) is 2.04. The standard InChI is InChI=1S/C12H16N2O2S/c15-11(16)7-8-5-9-1-2-10(6-8)14(9)12-13-3-4-17-12/h3-4,8-10H,1-2,5-7H2,(H,15,16). The fourth-order valence-electron chi connectivity index (χ4n) is 3.36. The van der Waals surface area contributed by atoms with E-state index in [1.807, 2.05) is 11.6 Å². The average molecular weight is 252 g/mol. The van der Waals surface area contributed by atoms with Gasteiger partial charge in [0.05, 0.1) is 0 Å². The number of carboxylic acids is 1. The van der Waals surface area contributed by atoms with Crippen LogP contribution in [-0.4, -0.2) is 28.1 Å². The Morgan fingerprint density at radius 3 is 2.71 bits per heavy atom. The van der Waals surface area contributed by atoms with Gasteiger partial charge in [-0.2, -0.15) is 0 Å². The van der Waals surface area contributed by atoms with Crippen LogP contribution in [0.15, 0.2) is 11.6 Å². The van der Waals surface area contributed by atoms with Gasteiger partial charge in [0.25, 0.3) is 0 Å². The summed E-state index contributed by atoms with van der Waals surface area (Å²) in [6.45, 7) is 0. The molecule has 0 aliphatic carbocycles. The van der Waals surface area contributed by atoms with Crippen molar-refractivity contribution in [2.75, 3.05) is 4.90 Å². The summed E-state index contributed by atoms with van der Waals surface area (Å²) in [5, 5.41) is 12.0. The molecule has 17 heavy (non-hydrogen) atoms. The Hall–Kier alpha value is -1.10. The topological polar surface area (TPSA) is 53.4 Å². The minimum atomic E-state index is -0.655. The van der Waals surface area contributed by atoms with Crippen LogP contribution in [0.3, 0.4) is 0 Å². The lowest BCUT2D eigenvalue weighted by Gasteiger charge is -2.38. The number of aliphatic carboxylic acids is 1. The van der Waals surface area contributed by atoms with Gasteiger partial charge in [-0.15, -0.1) is 11.3 Å². The summed E-state index contributed by atoms with van der Waals surface area (Å²) in [7, 11) is 0. The quantitative estimate of drug-likeness (QED) is 0.897. The summed E-state index contributed by atoms with van der Waals surface area (Å²) in [6.07, 6.45) is 6.60. The van der Waals surface area contributed by atoms with Crippen molar-refractivity contribution in [1.82, 2.24) is 4.98 Å².